The number of nitrogens with one attached hydrogen (secondary N) is 1. The Balaban J connectivity index is 1.98. The fraction of sp³-hybridized carbons (Fsp3) is 0.333. The van der Waals surface area contributed by atoms with Gasteiger partial charge < -0.3 is 10.2 Å². The lowest BCUT2D eigenvalue weighted by molar-refractivity contribution is 0.761. The summed E-state index contributed by atoms with van der Waals surface area (Å²) in [4.78, 5) is 2.40. The molecule has 21 heavy (non-hydrogen) atoms. The summed E-state index contributed by atoms with van der Waals surface area (Å²) in [6, 6.07) is 15.1. The summed E-state index contributed by atoms with van der Waals surface area (Å²) >= 11 is 6.43. The van der Waals surface area contributed by atoms with Crippen molar-refractivity contribution in [2.45, 2.75) is 25.8 Å². The van der Waals surface area contributed by atoms with E-state index in [9.17, 15) is 0 Å². The third kappa shape index (κ3) is 3.07. The molecule has 3 heteroatoms. The molecule has 2 nitrogen and oxygen atoms in total. The maximum Gasteiger partial charge on any atom is 0.0471 e. The third-order valence-electron chi connectivity index (χ3n) is 4.08. The summed E-state index contributed by atoms with van der Waals surface area (Å²) in [5, 5.41) is 3.99. The highest BCUT2D eigenvalue weighted by Crippen LogP contribution is 2.34. The van der Waals surface area contributed by atoms with E-state index >= 15 is 0 Å². The number of anilines is 2. The average molecular weight is 301 g/mol. The van der Waals surface area contributed by atoms with Gasteiger partial charge in [-0.1, -0.05) is 35.9 Å². The van der Waals surface area contributed by atoms with Crippen LogP contribution in [0.25, 0.3) is 0 Å². The minimum absolute atomic E-state index is 0.801. The van der Waals surface area contributed by atoms with E-state index in [4.69, 9.17) is 11.6 Å². The van der Waals surface area contributed by atoms with Gasteiger partial charge in [0, 0.05) is 29.5 Å². The van der Waals surface area contributed by atoms with Gasteiger partial charge >= 0.3 is 0 Å². The number of benzene rings is 2. The monoisotopic (exact) mass is 300 g/mol. The molecule has 2 aromatic rings. The topological polar surface area (TPSA) is 15.3 Å². The first-order valence-corrected chi connectivity index (χ1v) is 7.96. The van der Waals surface area contributed by atoms with E-state index in [1.54, 1.807) is 0 Å². The van der Waals surface area contributed by atoms with E-state index < -0.39 is 0 Å². The first kappa shape index (κ1) is 14.4. The lowest BCUT2D eigenvalue weighted by Gasteiger charge is -2.25. The van der Waals surface area contributed by atoms with E-state index in [-0.39, 0.29) is 0 Å². The second kappa shape index (κ2) is 6.50. The number of hydrogen-bond acceptors (Lipinski definition) is 2. The zero-order chi connectivity index (χ0) is 14.7. The van der Waals surface area contributed by atoms with E-state index in [1.165, 1.54) is 29.8 Å². The van der Waals surface area contributed by atoms with Gasteiger partial charge in [0.2, 0.25) is 0 Å². The SMILES string of the molecule is CNCc1ccc(N2CCCCc3ccccc32)cc1Cl. The van der Waals surface area contributed by atoms with Crippen LogP contribution in [-0.2, 0) is 13.0 Å². The van der Waals surface area contributed by atoms with Gasteiger partial charge in [0.05, 0.1) is 0 Å². The fourth-order valence-electron chi connectivity index (χ4n) is 3.00. The van der Waals surface area contributed by atoms with Gasteiger partial charge in [-0.05, 0) is 55.6 Å². The minimum atomic E-state index is 0.801. The summed E-state index contributed by atoms with van der Waals surface area (Å²) in [5.41, 5.74) is 5.10. The Kier molecular flexibility index (Phi) is 4.47. The molecule has 0 aliphatic carbocycles. The molecule has 1 N–H and O–H groups in total. The molecule has 2 aromatic carbocycles. The molecule has 0 spiro atoms. The Hall–Kier alpha value is -1.51. The van der Waals surface area contributed by atoms with Crippen LogP contribution in [0.15, 0.2) is 42.5 Å². The van der Waals surface area contributed by atoms with E-state index in [0.29, 0.717) is 0 Å². The molecule has 0 fully saturated rings. The average Bonchev–Trinajstić information content (AvgIpc) is 2.72. The van der Waals surface area contributed by atoms with Crippen LogP contribution in [-0.4, -0.2) is 13.6 Å². The van der Waals surface area contributed by atoms with Gasteiger partial charge in [-0.2, -0.15) is 0 Å². The number of halogens is 1. The number of nitrogens with zero attached hydrogens (tertiary/aromatic N) is 1. The first-order chi connectivity index (χ1) is 10.3. The maximum atomic E-state index is 6.43. The van der Waals surface area contributed by atoms with Crippen molar-refractivity contribution in [2.24, 2.45) is 0 Å². The number of rotatable bonds is 3. The Morgan fingerprint density at radius 3 is 2.81 bits per heavy atom. The van der Waals surface area contributed by atoms with Crippen LogP contribution in [0.5, 0.6) is 0 Å². The highest BCUT2D eigenvalue weighted by molar-refractivity contribution is 6.31. The van der Waals surface area contributed by atoms with Gasteiger partial charge in [0.1, 0.15) is 0 Å². The lowest BCUT2D eigenvalue weighted by Crippen LogP contribution is -2.18. The van der Waals surface area contributed by atoms with Gasteiger partial charge in [-0.25, -0.2) is 0 Å². The fourth-order valence-corrected chi connectivity index (χ4v) is 3.24. The first-order valence-electron chi connectivity index (χ1n) is 7.58. The highest BCUT2D eigenvalue weighted by atomic mass is 35.5. The van der Waals surface area contributed by atoms with Crippen molar-refractivity contribution in [2.75, 3.05) is 18.5 Å². The molecule has 0 saturated carbocycles. The molecule has 1 aliphatic heterocycles. The van der Waals surface area contributed by atoms with Crippen molar-refractivity contribution in [1.82, 2.24) is 5.32 Å². The predicted octanol–water partition coefficient (Wildman–Crippen LogP) is 4.53. The Labute approximate surface area is 131 Å². The molecule has 0 atom stereocenters. The molecule has 0 radical (unpaired) electrons. The lowest BCUT2D eigenvalue weighted by atomic mass is 10.1. The van der Waals surface area contributed by atoms with Crippen molar-refractivity contribution in [3.05, 3.63) is 58.6 Å². The second-order valence-electron chi connectivity index (χ2n) is 5.54. The van der Waals surface area contributed by atoms with Crippen molar-refractivity contribution in [3.8, 4) is 0 Å². The standard InChI is InChI=1S/C18H21ClN2/c1-20-13-15-9-10-16(12-17(15)19)21-11-5-4-7-14-6-2-3-8-18(14)21/h2-3,6,8-10,12,20H,4-5,7,11,13H2,1H3. The third-order valence-corrected chi connectivity index (χ3v) is 4.43. The number of para-hydroxylation sites is 1. The van der Waals surface area contributed by atoms with E-state index in [2.05, 4.69) is 52.7 Å². The summed E-state index contributed by atoms with van der Waals surface area (Å²) in [6.45, 7) is 1.86. The molecule has 0 amide bonds. The van der Waals surface area contributed by atoms with Crippen LogP contribution in [0.3, 0.4) is 0 Å². The molecular formula is C18H21ClN2. The highest BCUT2D eigenvalue weighted by Gasteiger charge is 2.17. The second-order valence-corrected chi connectivity index (χ2v) is 5.95. The zero-order valence-corrected chi connectivity index (χ0v) is 13.2. The van der Waals surface area contributed by atoms with Crippen molar-refractivity contribution in [3.63, 3.8) is 0 Å². The van der Waals surface area contributed by atoms with Crippen LogP contribution in [0, 0.1) is 0 Å². The van der Waals surface area contributed by atoms with E-state index in [0.717, 1.165) is 30.1 Å². The van der Waals surface area contributed by atoms with Gasteiger partial charge in [0.25, 0.3) is 0 Å². The van der Waals surface area contributed by atoms with Crippen LogP contribution >= 0.6 is 11.6 Å². The smallest absolute Gasteiger partial charge is 0.0471 e. The summed E-state index contributed by atoms with van der Waals surface area (Å²) < 4.78 is 0. The molecule has 0 bridgehead atoms. The molecule has 110 valence electrons. The van der Waals surface area contributed by atoms with Crippen LogP contribution in [0.1, 0.15) is 24.0 Å². The Morgan fingerprint density at radius 2 is 2.00 bits per heavy atom. The van der Waals surface area contributed by atoms with Crippen molar-refractivity contribution in [1.29, 1.82) is 0 Å². The molecule has 0 saturated heterocycles. The Bertz CT molecular complexity index is 624. The minimum Gasteiger partial charge on any atom is -0.341 e. The van der Waals surface area contributed by atoms with Crippen LogP contribution < -0.4 is 10.2 Å². The normalized spacial score (nSPS) is 14.7. The van der Waals surface area contributed by atoms with E-state index in [1.807, 2.05) is 7.05 Å². The quantitative estimate of drug-likeness (QED) is 0.895. The molecule has 0 unspecified atom stereocenters. The molecule has 0 aromatic heterocycles. The van der Waals surface area contributed by atoms with Crippen molar-refractivity contribution >= 4 is 23.0 Å². The molecular weight excluding hydrogens is 280 g/mol. The number of aryl methyl sites for hydroxylation is 1. The zero-order valence-electron chi connectivity index (χ0n) is 12.4. The molecule has 1 aliphatic rings. The van der Waals surface area contributed by atoms with Gasteiger partial charge in [-0.3, -0.25) is 0 Å². The van der Waals surface area contributed by atoms with Crippen LogP contribution in [0.4, 0.5) is 11.4 Å². The summed E-state index contributed by atoms with van der Waals surface area (Å²) in [5.74, 6) is 0. The Morgan fingerprint density at radius 1 is 1.14 bits per heavy atom. The van der Waals surface area contributed by atoms with Gasteiger partial charge in [0.15, 0.2) is 0 Å². The number of hydrogen-bond donors (Lipinski definition) is 1. The van der Waals surface area contributed by atoms with Crippen LogP contribution in [0.2, 0.25) is 5.02 Å². The summed E-state index contributed by atoms with van der Waals surface area (Å²) in [7, 11) is 1.94. The predicted molar refractivity (Wildman–Crippen MR) is 90.6 cm³/mol. The van der Waals surface area contributed by atoms with Crippen molar-refractivity contribution < 1.29 is 0 Å². The van der Waals surface area contributed by atoms with Gasteiger partial charge in [-0.15, -0.1) is 0 Å². The molecule has 1 heterocycles. The molecule has 3 rings (SSSR count). The maximum absolute atomic E-state index is 6.43. The summed E-state index contributed by atoms with van der Waals surface area (Å²) in [6.07, 6.45) is 3.63. The largest absolute Gasteiger partial charge is 0.341 e. The number of fused-ring (bicyclic) bond motifs is 1.